The van der Waals surface area contributed by atoms with Gasteiger partial charge in [0.15, 0.2) is 0 Å². The summed E-state index contributed by atoms with van der Waals surface area (Å²) in [6.07, 6.45) is 0. The summed E-state index contributed by atoms with van der Waals surface area (Å²) in [4.78, 5) is 11.0. The lowest BCUT2D eigenvalue weighted by Crippen LogP contribution is -2.41. The number of hydrogen-bond donors (Lipinski definition) is 1. The molecule has 0 aliphatic carbocycles. The molecule has 7 nitrogen and oxygen atoms in total. The molecule has 0 saturated carbocycles. The van der Waals surface area contributed by atoms with Crippen molar-refractivity contribution in [2.75, 3.05) is 26.3 Å². The van der Waals surface area contributed by atoms with Crippen LogP contribution in [-0.2, 0) is 14.8 Å². The normalized spacial score (nSPS) is 17.6. The van der Waals surface area contributed by atoms with E-state index < -0.39 is 16.0 Å². The van der Waals surface area contributed by atoms with Crippen LogP contribution in [0.4, 0.5) is 0 Å². The van der Waals surface area contributed by atoms with E-state index >= 15 is 0 Å². The van der Waals surface area contributed by atoms with Gasteiger partial charge in [-0.25, -0.2) is 13.2 Å². The van der Waals surface area contributed by atoms with E-state index in [0.29, 0.717) is 13.2 Å². The zero-order chi connectivity index (χ0) is 14.2. The maximum Gasteiger partial charge on any atom is 0.340 e. The number of sulfonamides is 1. The predicted molar refractivity (Wildman–Crippen MR) is 64.7 cm³/mol. The van der Waals surface area contributed by atoms with E-state index in [4.69, 9.17) is 14.3 Å². The van der Waals surface area contributed by atoms with E-state index in [-0.39, 0.29) is 35.1 Å². The highest BCUT2D eigenvalue weighted by Crippen LogP contribution is 2.29. The van der Waals surface area contributed by atoms with Crippen molar-refractivity contribution in [3.63, 3.8) is 0 Å². The maximum absolute atomic E-state index is 12.5. The molecule has 0 radical (unpaired) electrons. The van der Waals surface area contributed by atoms with E-state index in [1.807, 2.05) is 0 Å². The summed E-state index contributed by atoms with van der Waals surface area (Å²) in [5.74, 6) is -1.11. The monoisotopic (exact) mass is 289 g/mol. The number of aromatic carboxylic acids is 1. The lowest BCUT2D eigenvalue weighted by Gasteiger charge is -2.25. The second-order valence-electron chi connectivity index (χ2n) is 4.24. The van der Waals surface area contributed by atoms with E-state index in [1.54, 1.807) is 0 Å². The van der Waals surface area contributed by atoms with Gasteiger partial charge < -0.3 is 14.3 Å². The molecule has 0 bridgehead atoms. The lowest BCUT2D eigenvalue weighted by atomic mass is 10.2. The van der Waals surface area contributed by atoms with Gasteiger partial charge in [-0.2, -0.15) is 4.31 Å². The van der Waals surface area contributed by atoms with Gasteiger partial charge in [-0.15, -0.1) is 0 Å². The van der Waals surface area contributed by atoms with Gasteiger partial charge in [0.05, 0.1) is 13.2 Å². The molecule has 106 valence electrons. The molecule has 2 heterocycles. The smallest absolute Gasteiger partial charge is 0.340 e. The third-order valence-corrected chi connectivity index (χ3v) is 5.04. The number of carboxylic acid groups (broad SMARTS) is 1. The summed E-state index contributed by atoms with van der Waals surface area (Å²) < 4.78 is 36.5. The molecule has 1 aliphatic heterocycles. The summed E-state index contributed by atoms with van der Waals surface area (Å²) in [5.41, 5.74) is -0.288. The minimum absolute atomic E-state index is 0.0943. The second-order valence-corrected chi connectivity index (χ2v) is 6.11. The third kappa shape index (κ3) is 2.38. The van der Waals surface area contributed by atoms with Crippen LogP contribution in [0, 0.1) is 13.8 Å². The number of aryl methyl sites for hydroxylation is 2. The van der Waals surface area contributed by atoms with Gasteiger partial charge in [-0.1, -0.05) is 0 Å². The molecule has 1 aromatic heterocycles. The lowest BCUT2D eigenvalue weighted by molar-refractivity contribution is 0.0687. The van der Waals surface area contributed by atoms with E-state index in [2.05, 4.69) is 0 Å². The Morgan fingerprint density at radius 3 is 2.32 bits per heavy atom. The fraction of sp³-hybridized carbons (Fsp3) is 0.545. The zero-order valence-corrected chi connectivity index (χ0v) is 11.5. The Kier molecular flexibility index (Phi) is 3.66. The van der Waals surface area contributed by atoms with Crippen molar-refractivity contribution in [3.8, 4) is 0 Å². The number of furan rings is 1. The number of ether oxygens (including phenoxy) is 1. The molecule has 8 heteroatoms. The summed E-state index contributed by atoms with van der Waals surface area (Å²) in [6.45, 7) is 3.92. The van der Waals surface area contributed by atoms with Crippen LogP contribution < -0.4 is 0 Å². The Morgan fingerprint density at radius 1 is 1.21 bits per heavy atom. The Balaban J connectivity index is 2.54. The van der Waals surface area contributed by atoms with Crippen LogP contribution in [0.3, 0.4) is 0 Å². The molecule has 1 saturated heterocycles. The Labute approximate surface area is 110 Å². The molecule has 1 aromatic rings. The van der Waals surface area contributed by atoms with Crippen molar-refractivity contribution in [3.05, 3.63) is 17.1 Å². The molecule has 0 spiro atoms. The third-order valence-electron chi connectivity index (χ3n) is 2.99. The van der Waals surface area contributed by atoms with Crippen LogP contribution in [0.15, 0.2) is 9.31 Å². The molecule has 1 fully saturated rings. The van der Waals surface area contributed by atoms with Crippen molar-refractivity contribution < 1.29 is 27.5 Å². The number of nitrogens with zero attached hydrogens (tertiary/aromatic N) is 1. The Bertz CT molecular complexity index is 597. The number of carboxylic acids is 1. The first-order chi connectivity index (χ1) is 8.85. The predicted octanol–water partition coefficient (Wildman–Crippen LogP) is 0.616. The van der Waals surface area contributed by atoms with Crippen molar-refractivity contribution in [2.24, 2.45) is 0 Å². The van der Waals surface area contributed by atoms with Crippen molar-refractivity contribution in [1.29, 1.82) is 0 Å². The number of carbonyl (C=O) groups is 1. The molecular formula is C11H15NO6S. The molecule has 2 rings (SSSR count). The highest BCUT2D eigenvalue weighted by atomic mass is 32.2. The van der Waals surface area contributed by atoms with Crippen LogP contribution in [-0.4, -0.2) is 50.1 Å². The van der Waals surface area contributed by atoms with Gasteiger partial charge in [0.25, 0.3) is 0 Å². The number of rotatable bonds is 3. The first-order valence-electron chi connectivity index (χ1n) is 5.77. The molecule has 0 atom stereocenters. The molecule has 1 N–H and O–H groups in total. The summed E-state index contributed by atoms with van der Waals surface area (Å²) in [6, 6.07) is 0. The van der Waals surface area contributed by atoms with E-state index in [9.17, 15) is 13.2 Å². The minimum atomic E-state index is -3.87. The van der Waals surface area contributed by atoms with Crippen LogP contribution >= 0.6 is 0 Å². The van der Waals surface area contributed by atoms with Crippen molar-refractivity contribution in [1.82, 2.24) is 4.31 Å². The summed E-state index contributed by atoms with van der Waals surface area (Å²) in [5, 5.41) is 9.15. The van der Waals surface area contributed by atoms with E-state index in [0.717, 1.165) is 0 Å². The van der Waals surface area contributed by atoms with Crippen LogP contribution in [0.25, 0.3) is 0 Å². The highest BCUT2D eigenvalue weighted by molar-refractivity contribution is 7.89. The van der Waals surface area contributed by atoms with Gasteiger partial charge in [0.1, 0.15) is 22.0 Å². The van der Waals surface area contributed by atoms with Gasteiger partial charge >= 0.3 is 5.97 Å². The molecule has 0 amide bonds. The average molecular weight is 289 g/mol. The second kappa shape index (κ2) is 4.95. The topological polar surface area (TPSA) is 97.0 Å². The quantitative estimate of drug-likeness (QED) is 0.876. The van der Waals surface area contributed by atoms with Crippen molar-refractivity contribution in [2.45, 2.75) is 18.7 Å². The van der Waals surface area contributed by atoms with Crippen molar-refractivity contribution >= 4 is 16.0 Å². The van der Waals surface area contributed by atoms with Gasteiger partial charge in [0, 0.05) is 13.1 Å². The van der Waals surface area contributed by atoms with Crippen LogP contribution in [0.2, 0.25) is 0 Å². The Morgan fingerprint density at radius 2 is 1.79 bits per heavy atom. The molecule has 19 heavy (non-hydrogen) atoms. The molecule has 0 unspecified atom stereocenters. The summed E-state index contributed by atoms with van der Waals surface area (Å²) in [7, 11) is -3.87. The highest BCUT2D eigenvalue weighted by Gasteiger charge is 2.35. The first-order valence-corrected chi connectivity index (χ1v) is 7.21. The van der Waals surface area contributed by atoms with Crippen LogP contribution in [0.1, 0.15) is 21.9 Å². The standard InChI is InChI=1S/C11H15NO6S/c1-7-9(11(13)14)10(8(2)18-7)19(15,16)12-3-5-17-6-4-12/h3-6H2,1-2H3,(H,13,14). The van der Waals surface area contributed by atoms with E-state index in [1.165, 1.54) is 18.2 Å². The van der Waals surface area contributed by atoms with Gasteiger partial charge in [0.2, 0.25) is 10.0 Å². The molecule has 0 aromatic carbocycles. The first kappa shape index (κ1) is 14.0. The average Bonchev–Trinajstić information content (AvgIpc) is 2.66. The molecular weight excluding hydrogens is 274 g/mol. The number of hydrogen-bond acceptors (Lipinski definition) is 5. The minimum Gasteiger partial charge on any atom is -0.478 e. The van der Waals surface area contributed by atoms with Gasteiger partial charge in [-0.3, -0.25) is 0 Å². The SMILES string of the molecule is Cc1oc(C)c(S(=O)(=O)N2CCOCC2)c1C(=O)O. The maximum atomic E-state index is 12.5. The Hall–Kier alpha value is -1.38. The van der Waals surface area contributed by atoms with Gasteiger partial charge in [-0.05, 0) is 13.8 Å². The fourth-order valence-corrected chi connectivity index (χ4v) is 3.92. The fourth-order valence-electron chi connectivity index (χ4n) is 2.14. The molecule has 1 aliphatic rings. The van der Waals surface area contributed by atoms with Crippen LogP contribution in [0.5, 0.6) is 0 Å². The summed E-state index contributed by atoms with van der Waals surface area (Å²) >= 11 is 0. The zero-order valence-electron chi connectivity index (χ0n) is 10.7. The largest absolute Gasteiger partial charge is 0.478 e. The number of morpholine rings is 1.